The van der Waals surface area contributed by atoms with E-state index < -0.39 is 5.60 Å². The minimum atomic E-state index is -0.495. The zero-order valence-corrected chi connectivity index (χ0v) is 13.2. The molecule has 0 spiro atoms. The fourth-order valence-electron chi connectivity index (χ4n) is 5.67. The summed E-state index contributed by atoms with van der Waals surface area (Å²) in [7, 11) is 0. The predicted molar refractivity (Wildman–Crippen MR) is 88.1 cm³/mol. The van der Waals surface area contributed by atoms with E-state index in [0.717, 1.165) is 25.8 Å². The predicted octanol–water partition coefficient (Wildman–Crippen LogP) is 3.04. The lowest BCUT2D eigenvalue weighted by Gasteiger charge is -2.57. The molecule has 0 radical (unpaired) electrons. The van der Waals surface area contributed by atoms with Crippen molar-refractivity contribution >= 4 is 10.9 Å². The lowest BCUT2D eigenvalue weighted by Crippen LogP contribution is -2.65. The number of nitrogens with one attached hydrogen (secondary N) is 1. The third-order valence-electron chi connectivity index (χ3n) is 6.53. The Morgan fingerprint density at radius 3 is 3.09 bits per heavy atom. The van der Waals surface area contributed by atoms with Crippen LogP contribution in [0.1, 0.15) is 43.4 Å². The number of aliphatic hydroxyl groups is 1. The van der Waals surface area contributed by atoms with Gasteiger partial charge in [0.2, 0.25) is 0 Å². The molecule has 3 fully saturated rings. The molecule has 3 nitrogen and oxygen atoms in total. The van der Waals surface area contributed by atoms with Gasteiger partial charge in [0, 0.05) is 41.6 Å². The van der Waals surface area contributed by atoms with Gasteiger partial charge >= 0.3 is 0 Å². The van der Waals surface area contributed by atoms with Gasteiger partial charge in [-0.1, -0.05) is 25.1 Å². The molecule has 0 amide bonds. The Morgan fingerprint density at radius 1 is 1.36 bits per heavy atom. The highest BCUT2D eigenvalue weighted by Gasteiger charge is 2.55. The first-order valence-corrected chi connectivity index (χ1v) is 8.75. The van der Waals surface area contributed by atoms with Crippen molar-refractivity contribution in [3.63, 3.8) is 0 Å². The van der Waals surface area contributed by atoms with Crippen LogP contribution in [0.4, 0.5) is 0 Å². The van der Waals surface area contributed by atoms with Crippen molar-refractivity contribution < 1.29 is 5.11 Å². The molecule has 1 saturated carbocycles. The monoisotopic (exact) mass is 296 g/mol. The average Bonchev–Trinajstić information content (AvgIpc) is 2.86. The zero-order chi connectivity index (χ0) is 14.9. The van der Waals surface area contributed by atoms with Crippen molar-refractivity contribution in [2.45, 2.75) is 50.2 Å². The summed E-state index contributed by atoms with van der Waals surface area (Å²) < 4.78 is 0. The van der Waals surface area contributed by atoms with Gasteiger partial charge in [-0.05, 0) is 43.2 Å². The van der Waals surface area contributed by atoms with Crippen molar-refractivity contribution in [3.8, 4) is 0 Å². The van der Waals surface area contributed by atoms with Crippen molar-refractivity contribution in [2.75, 3.05) is 13.1 Å². The van der Waals surface area contributed by atoms with E-state index in [-0.39, 0.29) is 0 Å². The Hall–Kier alpha value is -1.32. The number of hydrogen-bond acceptors (Lipinski definition) is 2. The van der Waals surface area contributed by atoms with Crippen LogP contribution in [0.2, 0.25) is 0 Å². The smallest absolute Gasteiger partial charge is 0.0809 e. The highest BCUT2D eigenvalue weighted by molar-refractivity contribution is 5.85. The molecular weight excluding hydrogens is 272 g/mol. The van der Waals surface area contributed by atoms with Crippen molar-refractivity contribution in [1.29, 1.82) is 0 Å². The number of aromatic amines is 1. The molecule has 116 valence electrons. The summed E-state index contributed by atoms with van der Waals surface area (Å²) in [6, 6.07) is 8.99. The second-order valence-corrected chi connectivity index (χ2v) is 7.62. The molecule has 4 heterocycles. The van der Waals surface area contributed by atoms with E-state index in [1.807, 2.05) is 0 Å². The lowest BCUT2D eigenvalue weighted by atomic mass is 9.63. The van der Waals surface area contributed by atoms with Crippen LogP contribution in [-0.4, -0.2) is 39.7 Å². The van der Waals surface area contributed by atoms with Crippen LogP contribution in [0.25, 0.3) is 10.9 Å². The third kappa shape index (κ3) is 1.59. The first kappa shape index (κ1) is 13.1. The molecule has 2 saturated heterocycles. The number of piperidine rings is 2. The van der Waals surface area contributed by atoms with E-state index in [0.29, 0.717) is 17.9 Å². The Morgan fingerprint density at radius 2 is 2.23 bits per heavy atom. The number of fused-ring (bicyclic) bond motifs is 4. The highest BCUT2D eigenvalue weighted by Crippen LogP contribution is 2.52. The standard InChI is InChI=1S/C19H24N2O/c1-2-19(22)10-12-9-15-17-14(7-8-21(11-12)18(15)19)13-5-3-4-6-16(13)20-17/h3-6,12,15,18,20,22H,2,7-11H2,1H3. The molecule has 1 aromatic heterocycles. The summed E-state index contributed by atoms with van der Waals surface area (Å²) in [4.78, 5) is 6.31. The van der Waals surface area contributed by atoms with E-state index in [1.165, 1.54) is 35.1 Å². The fraction of sp³-hybridized carbons (Fsp3) is 0.579. The fourth-order valence-corrected chi connectivity index (χ4v) is 5.67. The molecular formula is C19H24N2O. The highest BCUT2D eigenvalue weighted by atomic mass is 16.3. The molecule has 22 heavy (non-hydrogen) atoms. The second-order valence-electron chi connectivity index (χ2n) is 7.62. The summed E-state index contributed by atoms with van der Waals surface area (Å²) in [5.41, 5.74) is 3.70. The second kappa shape index (κ2) is 4.36. The Bertz CT molecular complexity index is 736. The van der Waals surface area contributed by atoms with Crippen LogP contribution in [0, 0.1) is 5.92 Å². The van der Waals surface area contributed by atoms with Crippen LogP contribution < -0.4 is 0 Å². The number of H-pyrrole nitrogens is 1. The van der Waals surface area contributed by atoms with Gasteiger partial charge in [-0.15, -0.1) is 0 Å². The quantitative estimate of drug-likeness (QED) is 0.849. The van der Waals surface area contributed by atoms with Crippen LogP contribution in [0.15, 0.2) is 24.3 Å². The Labute approximate surface area is 131 Å². The molecule has 2 N–H and O–H groups in total. The molecule has 4 bridgehead atoms. The first-order chi connectivity index (χ1) is 10.7. The Balaban J connectivity index is 1.71. The van der Waals surface area contributed by atoms with Gasteiger partial charge in [0.15, 0.2) is 0 Å². The molecule has 5 atom stereocenters. The van der Waals surface area contributed by atoms with Gasteiger partial charge in [-0.25, -0.2) is 0 Å². The minimum absolute atomic E-state index is 0.303. The summed E-state index contributed by atoms with van der Waals surface area (Å²) >= 11 is 0. The lowest BCUT2D eigenvalue weighted by molar-refractivity contribution is -0.141. The maximum Gasteiger partial charge on any atom is 0.0809 e. The summed E-state index contributed by atoms with van der Waals surface area (Å²) in [5.74, 6) is 1.12. The maximum absolute atomic E-state index is 11.2. The SMILES string of the molecule is CCC1(O)CC2CC3c4[nH]c5ccccc5c4CCN(C2)C31. The zero-order valence-electron chi connectivity index (χ0n) is 13.2. The van der Waals surface area contributed by atoms with E-state index in [2.05, 4.69) is 41.1 Å². The molecule has 5 unspecified atom stereocenters. The van der Waals surface area contributed by atoms with Crippen molar-refractivity contribution in [2.24, 2.45) is 5.92 Å². The largest absolute Gasteiger partial charge is 0.388 e. The molecule has 1 aliphatic carbocycles. The van der Waals surface area contributed by atoms with Crippen molar-refractivity contribution in [1.82, 2.24) is 9.88 Å². The van der Waals surface area contributed by atoms with Gasteiger partial charge < -0.3 is 10.1 Å². The van der Waals surface area contributed by atoms with Gasteiger partial charge in [-0.3, -0.25) is 4.90 Å². The van der Waals surface area contributed by atoms with Crippen LogP contribution in [0.3, 0.4) is 0 Å². The summed E-state index contributed by atoms with van der Waals surface area (Å²) in [6.45, 7) is 4.43. The van der Waals surface area contributed by atoms with Crippen molar-refractivity contribution in [3.05, 3.63) is 35.5 Å². The molecule has 2 aromatic rings. The molecule has 3 heteroatoms. The van der Waals surface area contributed by atoms with Crippen LogP contribution in [-0.2, 0) is 6.42 Å². The molecule has 4 aliphatic rings. The minimum Gasteiger partial charge on any atom is -0.388 e. The maximum atomic E-state index is 11.2. The Kier molecular flexibility index (Phi) is 2.61. The summed E-state index contributed by atoms with van der Waals surface area (Å²) in [5, 5.41) is 12.6. The van der Waals surface area contributed by atoms with Crippen LogP contribution in [0.5, 0.6) is 0 Å². The van der Waals surface area contributed by atoms with Gasteiger partial charge in [0.05, 0.1) is 5.60 Å². The number of para-hydroxylation sites is 1. The van der Waals surface area contributed by atoms with Gasteiger partial charge in [0.25, 0.3) is 0 Å². The summed E-state index contributed by atoms with van der Waals surface area (Å²) in [6.07, 6.45) is 4.22. The third-order valence-corrected chi connectivity index (χ3v) is 6.53. The number of hydrogen-bond donors (Lipinski definition) is 2. The number of aromatic nitrogens is 1. The van der Waals surface area contributed by atoms with E-state index in [1.54, 1.807) is 0 Å². The number of rotatable bonds is 1. The number of benzene rings is 1. The molecule has 1 aromatic carbocycles. The normalized spacial score (nSPS) is 39.7. The van der Waals surface area contributed by atoms with Gasteiger partial charge in [0.1, 0.15) is 0 Å². The van der Waals surface area contributed by atoms with E-state index >= 15 is 0 Å². The van der Waals surface area contributed by atoms with E-state index in [4.69, 9.17) is 0 Å². The van der Waals surface area contributed by atoms with E-state index in [9.17, 15) is 5.11 Å². The molecule has 3 aliphatic heterocycles. The molecule has 6 rings (SSSR count). The topological polar surface area (TPSA) is 39.3 Å². The van der Waals surface area contributed by atoms with Crippen LogP contribution >= 0.6 is 0 Å². The number of nitrogens with zero attached hydrogens (tertiary/aromatic N) is 1. The first-order valence-electron chi connectivity index (χ1n) is 8.75. The average molecular weight is 296 g/mol. The van der Waals surface area contributed by atoms with Gasteiger partial charge in [-0.2, -0.15) is 0 Å².